The molecular weight excluding hydrogens is 98.1 g/mol. The van der Waals surface area contributed by atoms with Crippen molar-refractivity contribution in [1.82, 2.24) is 5.32 Å². The van der Waals surface area contributed by atoms with Crippen LogP contribution in [0.1, 0.15) is 28.6 Å². The Morgan fingerprint density at radius 1 is 1.50 bits per heavy atom. The molecular formula is C7H19N. The first-order valence-electron chi connectivity index (χ1n) is 3.48. The van der Waals surface area contributed by atoms with Crippen LogP contribution in [0.15, 0.2) is 0 Å². The van der Waals surface area contributed by atoms with Crippen LogP contribution in [0.5, 0.6) is 0 Å². The number of rotatable bonds is 4. The fourth-order valence-electron chi connectivity index (χ4n) is 0.568. The molecule has 52 valence electrons. The maximum absolute atomic E-state index is 3.28. The van der Waals surface area contributed by atoms with Crippen molar-refractivity contribution in [3.8, 4) is 0 Å². The summed E-state index contributed by atoms with van der Waals surface area (Å²) in [5.41, 5.74) is 0. The molecule has 0 radical (unpaired) electrons. The van der Waals surface area contributed by atoms with E-state index in [4.69, 9.17) is 0 Å². The molecule has 0 spiro atoms. The third kappa shape index (κ3) is 5.96. The molecule has 0 aromatic heterocycles. The monoisotopic (exact) mass is 117 g/mol. The van der Waals surface area contributed by atoms with E-state index in [2.05, 4.69) is 26.1 Å². The average molecular weight is 117 g/mol. The van der Waals surface area contributed by atoms with Gasteiger partial charge in [-0.1, -0.05) is 20.8 Å². The molecule has 1 N–H and O–H groups in total. The van der Waals surface area contributed by atoms with Gasteiger partial charge < -0.3 is 5.32 Å². The molecule has 0 aromatic rings. The number of hydrogen-bond acceptors (Lipinski definition) is 1. The summed E-state index contributed by atoms with van der Waals surface area (Å²) in [4.78, 5) is 0. The van der Waals surface area contributed by atoms with E-state index in [1.807, 2.05) is 0 Å². The molecule has 0 saturated carbocycles. The lowest BCUT2D eigenvalue weighted by atomic mass is 10.1. The SMILES string of the molecule is CCNCCC(C)C.[HH]. The Hall–Kier alpha value is -0.0400. The molecule has 0 aliphatic carbocycles. The Kier molecular flexibility index (Phi) is 5.08. The molecule has 0 aliphatic heterocycles. The second kappa shape index (κ2) is 5.10. The van der Waals surface area contributed by atoms with E-state index in [1.165, 1.54) is 13.0 Å². The van der Waals surface area contributed by atoms with Gasteiger partial charge in [0, 0.05) is 1.43 Å². The van der Waals surface area contributed by atoms with Gasteiger partial charge >= 0.3 is 0 Å². The molecule has 0 saturated heterocycles. The molecule has 0 aliphatic rings. The van der Waals surface area contributed by atoms with Crippen LogP contribution >= 0.6 is 0 Å². The number of nitrogens with one attached hydrogen (secondary N) is 1. The Labute approximate surface area is 54.0 Å². The lowest BCUT2D eigenvalue weighted by molar-refractivity contribution is 0.546. The summed E-state index contributed by atoms with van der Waals surface area (Å²) in [7, 11) is 0. The van der Waals surface area contributed by atoms with Crippen LogP contribution < -0.4 is 5.32 Å². The Bertz CT molecular complexity index is 46.2. The highest BCUT2D eigenvalue weighted by molar-refractivity contribution is 4.47. The fraction of sp³-hybridized carbons (Fsp3) is 1.00. The van der Waals surface area contributed by atoms with Gasteiger partial charge in [-0.25, -0.2) is 0 Å². The van der Waals surface area contributed by atoms with Gasteiger partial charge in [-0.3, -0.25) is 0 Å². The molecule has 0 heterocycles. The average Bonchev–Trinajstić information content (AvgIpc) is 1.66. The van der Waals surface area contributed by atoms with Gasteiger partial charge in [0.1, 0.15) is 0 Å². The van der Waals surface area contributed by atoms with E-state index in [1.54, 1.807) is 0 Å². The van der Waals surface area contributed by atoms with Crippen molar-refractivity contribution in [1.29, 1.82) is 0 Å². The third-order valence-electron chi connectivity index (χ3n) is 1.15. The van der Waals surface area contributed by atoms with E-state index in [9.17, 15) is 0 Å². The summed E-state index contributed by atoms with van der Waals surface area (Å²) in [5.74, 6) is 0.842. The van der Waals surface area contributed by atoms with Gasteiger partial charge in [0.2, 0.25) is 0 Å². The van der Waals surface area contributed by atoms with Crippen molar-refractivity contribution in [2.75, 3.05) is 13.1 Å². The summed E-state index contributed by atoms with van der Waals surface area (Å²) >= 11 is 0. The van der Waals surface area contributed by atoms with Crippen LogP contribution in [-0.2, 0) is 0 Å². The van der Waals surface area contributed by atoms with Crippen molar-refractivity contribution < 1.29 is 1.43 Å². The zero-order valence-electron chi connectivity index (χ0n) is 6.20. The van der Waals surface area contributed by atoms with E-state index in [-0.39, 0.29) is 1.43 Å². The first-order valence-corrected chi connectivity index (χ1v) is 3.48. The van der Waals surface area contributed by atoms with Crippen molar-refractivity contribution in [2.24, 2.45) is 5.92 Å². The minimum absolute atomic E-state index is 0. The first kappa shape index (κ1) is 7.96. The van der Waals surface area contributed by atoms with Crippen molar-refractivity contribution >= 4 is 0 Å². The van der Waals surface area contributed by atoms with E-state index >= 15 is 0 Å². The maximum atomic E-state index is 3.28. The molecule has 1 heteroatoms. The van der Waals surface area contributed by atoms with Crippen molar-refractivity contribution in [3.05, 3.63) is 0 Å². The highest BCUT2D eigenvalue weighted by Gasteiger charge is 1.89. The first-order chi connectivity index (χ1) is 3.77. The summed E-state index contributed by atoms with van der Waals surface area (Å²) in [6.45, 7) is 8.91. The van der Waals surface area contributed by atoms with Gasteiger partial charge in [-0.05, 0) is 25.4 Å². The van der Waals surface area contributed by atoms with Gasteiger partial charge in [-0.15, -0.1) is 0 Å². The fourth-order valence-corrected chi connectivity index (χ4v) is 0.568. The smallest absolute Gasteiger partial charge is 0 e. The lowest BCUT2D eigenvalue weighted by Crippen LogP contribution is -2.15. The van der Waals surface area contributed by atoms with E-state index in [0.29, 0.717) is 0 Å². The summed E-state index contributed by atoms with van der Waals surface area (Å²) in [6, 6.07) is 0. The molecule has 0 rings (SSSR count). The quantitative estimate of drug-likeness (QED) is 0.554. The van der Waals surface area contributed by atoms with E-state index < -0.39 is 0 Å². The molecule has 0 unspecified atom stereocenters. The molecule has 0 aromatic carbocycles. The van der Waals surface area contributed by atoms with Crippen molar-refractivity contribution in [3.63, 3.8) is 0 Å². The molecule has 0 amide bonds. The zero-order valence-corrected chi connectivity index (χ0v) is 6.20. The van der Waals surface area contributed by atoms with E-state index in [0.717, 1.165) is 12.5 Å². The van der Waals surface area contributed by atoms with Gasteiger partial charge in [0.25, 0.3) is 0 Å². The van der Waals surface area contributed by atoms with Crippen LogP contribution in [0.3, 0.4) is 0 Å². The molecule has 1 nitrogen and oxygen atoms in total. The topological polar surface area (TPSA) is 12.0 Å². The summed E-state index contributed by atoms with van der Waals surface area (Å²) in [6.07, 6.45) is 1.30. The van der Waals surface area contributed by atoms with Gasteiger partial charge in [0.15, 0.2) is 0 Å². The predicted molar refractivity (Wildman–Crippen MR) is 40.1 cm³/mol. The molecule has 0 atom stereocenters. The standard InChI is InChI=1S/C7H17N.H2/c1-4-8-6-5-7(2)3;/h7-8H,4-6H2,1-3H3;1H. The van der Waals surface area contributed by atoms with Crippen LogP contribution in [0.2, 0.25) is 0 Å². The van der Waals surface area contributed by atoms with Crippen molar-refractivity contribution in [2.45, 2.75) is 27.2 Å². The molecule has 0 bridgehead atoms. The van der Waals surface area contributed by atoms with Gasteiger partial charge in [0.05, 0.1) is 0 Å². The minimum atomic E-state index is 0. The van der Waals surface area contributed by atoms with Gasteiger partial charge in [-0.2, -0.15) is 0 Å². The maximum Gasteiger partial charge on any atom is 0 e. The second-order valence-electron chi connectivity index (χ2n) is 2.54. The lowest BCUT2D eigenvalue weighted by Gasteiger charge is -2.02. The Balaban J connectivity index is 0. The summed E-state index contributed by atoms with van der Waals surface area (Å²) < 4.78 is 0. The molecule has 8 heavy (non-hydrogen) atoms. The minimum Gasteiger partial charge on any atom is -0.317 e. The van der Waals surface area contributed by atoms with Crippen LogP contribution in [0, 0.1) is 5.92 Å². The molecule has 0 fully saturated rings. The highest BCUT2D eigenvalue weighted by Crippen LogP contribution is 1.95. The largest absolute Gasteiger partial charge is 0.317 e. The van der Waals surface area contributed by atoms with Crippen LogP contribution in [0.4, 0.5) is 0 Å². The zero-order chi connectivity index (χ0) is 6.41. The Morgan fingerprint density at radius 2 is 2.12 bits per heavy atom. The summed E-state index contributed by atoms with van der Waals surface area (Å²) in [5, 5.41) is 3.28. The van der Waals surface area contributed by atoms with Crippen LogP contribution in [0.25, 0.3) is 0 Å². The second-order valence-corrected chi connectivity index (χ2v) is 2.54. The number of hydrogen-bond donors (Lipinski definition) is 1. The predicted octanol–water partition coefficient (Wildman–Crippen LogP) is 1.89. The Morgan fingerprint density at radius 3 is 2.50 bits per heavy atom. The van der Waals surface area contributed by atoms with Crippen LogP contribution in [-0.4, -0.2) is 13.1 Å². The third-order valence-corrected chi connectivity index (χ3v) is 1.15. The normalized spacial score (nSPS) is 10.5. The highest BCUT2D eigenvalue weighted by atomic mass is 14.8.